The van der Waals surface area contributed by atoms with E-state index in [4.69, 9.17) is 0 Å². The van der Waals surface area contributed by atoms with Crippen LogP contribution in [0.1, 0.15) is 47.6 Å². The number of hydrogen-bond acceptors (Lipinski definition) is 6. The van der Waals surface area contributed by atoms with Gasteiger partial charge in [-0.15, -0.1) is 5.10 Å². The Morgan fingerprint density at radius 3 is 2.54 bits per heavy atom. The van der Waals surface area contributed by atoms with E-state index in [1.54, 1.807) is 4.52 Å². The number of benzene rings is 1. The van der Waals surface area contributed by atoms with Gasteiger partial charge in [-0.3, -0.25) is 4.90 Å². The predicted molar refractivity (Wildman–Crippen MR) is 102 cm³/mol. The van der Waals surface area contributed by atoms with E-state index in [2.05, 4.69) is 46.2 Å². The van der Waals surface area contributed by atoms with Crippen molar-refractivity contribution >= 4 is 16.3 Å². The summed E-state index contributed by atoms with van der Waals surface area (Å²) in [7, 11) is 0. The maximum absolute atomic E-state index is 10.9. The summed E-state index contributed by atoms with van der Waals surface area (Å²) in [4.78, 5) is 8.44. The number of piperidine rings is 1. The molecule has 0 amide bonds. The van der Waals surface area contributed by atoms with Crippen LogP contribution in [0.3, 0.4) is 0 Å². The lowest BCUT2D eigenvalue weighted by Crippen LogP contribution is -2.38. The first-order chi connectivity index (χ1) is 12.6. The monoisotopic (exact) mass is 372 g/mol. The van der Waals surface area contributed by atoms with Crippen molar-refractivity contribution in [3.05, 3.63) is 46.1 Å². The summed E-state index contributed by atoms with van der Waals surface area (Å²) in [5.41, 5.74) is 2.35. The van der Waals surface area contributed by atoms with Crippen LogP contribution in [0.15, 0.2) is 24.3 Å². The minimum Gasteiger partial charge on any atom is -0.492 e. The second-order valence-corrected chi connectivity index (χ2v) is 7.96. The molecule has 1 saturated heterocycles. The van der Waals surface area contributed by atoms with Gasteiger partial charge in [0, 0.05) is 19.5 Å². The summed E-state index contributed by atoms with van der Waals surface area (Å²) in [5, 5.41) is 25.2. The molecule has 26 heavy (non-hydrogen) atoms. The van der Waals surface area contributed by atoms with E-state index in [0.717, 1.165) is 53.6 Å². The molecule has 3 aromatic rings. The van der Waals surface area contributed by atoms with E-state index in [-0.39, 0.29) is 18.0 Å². The molecule has 0 radical (unpaired) electrons. The highest BCUT2D eigenvalue weighted by Gasteiger charge is 2.31. The minimum absolute atomic E-state index is 0.0540. The molecule has 0 unspecified atom stereocenters. The Morgan fingerprint density at radius 2 is 1.92 bits per heavy atom. The quantitative estimate of drug-likeness (QED) is 0.737. The number of fused-ring (bicyclic) bond motifs is 1. The highest BCUT2D eigenvalue weighted by molar-refractivity contribution is 7.17. The Hall–Kier alpha value is -1.96. The summed E-state index contributed by atoms with van der Waals surface area (Å²) >= 11 is 1.50. The van der Waals surface area contributed by atoms with E-state index < -0.39 is 0 Å². The molecule has 1 aliphatic heterocycles. The summed E-state index contributed by atoms with van der Waals surface area (Å²) in [5.74, 6) is 0.917. The van der Waals surface area contributed by atoms with E-state index in [0.29, 0.717) is 0 Å². The first kappa shape index (κ1) is 17.5. The van der Waals surface area contributed by atoms with Crippen LogP contribution in [0, 0.1) is 6.92 Å². The highest BCUT2D eigenvalue weighted by atomic mass is 32.1. The van der Waals surface area contributed by atoms with Crippen molar-refractivity contribution in [1.29, 1.82) is 0 Å². The standard InChI is InChI=1S/C19H24N4O2S/c1-3-15-20-19-23(21-15)18(25)17(26-19)16(13-6-4-12(2)5-7-13)22-10-8-14(24)9-11-22/h4-7,14,16,24-25H,3,8-11H2,1-2H3/t16-/m0/s1. The van der Waals surface area contributed by atoms with Gasteiger partial charge < -0.3 is 10.2 Å². The number of aromatic hydroxyl groups is 1. The molecule has 2 aromatic heterocycles. The molecule has 0 bridgehead atoms. The fourth-order valence-corrected chi connectivity index (χ4v) is 4.68. The third-order valence-corrected chi connectivity index (χ3v) is 6.14. The van der Waals surface area contributed by atoms with Crippen LogP contribution in [0.2, 0.25) is 0 Å². The fourth-order valence-electron chi connectivity index (χ4n) is 3.54. The first-order valence-corrected chi connectivity index (χ1v) is 9.94. The number of aryl methyl sites for hydroxylation is 2. The van der Waals surface area contributed by atoms with Gasteiger partial charge in [-0.05, 0) is 25.3 Å². The zero-order valence-corrected chi connectivity index (χ0v) is 15.9. The lowest BCUT2D eigenvalue weighted by molar-refractivity contribution is 0.0689. The summed E-state index contributed by atoms with van der Waals surface area (Å²) in [6, 6.07) is 8.39. The third-order valence-electron chi connectivity index (χ3n) is 5.07. The summed E-state index contributed by atoms with van der Waals surface area (Å²) in [6.45, 7) is 5.68. The van der Waals surface area contributed by atoms with Crippen LogP contribution in [-0.2, 0) is 6.42 Å². The van der Waals surface area contributed by atoms with Gasteiger partial charge in [-0.2, -0.15) is 4.52 Å². The van der Waals surface area contributed by atoms with Gasteiger partial charge in [-0.25, -0.2) is 4.98 Å². The maximum Gasteiger partial charge on any atom is 0.230 e. The van der Waals surface area contributed by atoms with Gasteiger partial charge in [0.05, 0.1) is 17.0 Å². The van der Waals surface area contributed by atoms with Gasteiger partial charge in [0.25, 0.3) is 0 Å². The highest BCUT2D eigenvalue weighted by Crippen LogP contribution is 2.40. The smallest absolute Gasteiger partial charge is 0.230 e. The van der Waals surface area contributed by atoms with Crippen molar-refractivity contribution in [1.82, 2.24) is 19.5 Å². The minimum atomic E-state index is -0.229. The summed E-state index contributed by atoms with van der Waals surface area (Å²) < 4.78 is 1.55. The van der Waals surface area contributed by atoms with Gasteiger partial charge in [-0.1, -0.05) is 48.1 Å². The average molecular weight is 372 g/mol. The van der Waals surface area contributed by atoms with E-state index in [9.17, 15) is 10.2 Å². The molecule has 1 aliphatic rings. The van der Waals surface area contributed by atoms with Crippen molar-refractivity contribution in [3.8, 4) is 5.88 Å². The molecule has 6 nitrogen and oxygen atoms in total. The topological polar surface area (TPSA) is 73.9 Å². The summed E-state index contributed by atoms with van der Waals surface area (Å²) in [6.07, 6.45) is 2.02. The number of rotatable bonds is 4. The molecule has 1 atom stereocenters. The number of hydrogen-bond donors (Lipinski definition) is 2. The third kappa shape index (κ3) is 3.11. The van der Waals surface area contributed by atoms with E-state index in [1.165, 1.54) is 16.9 Å². The Kier molecular flexibility index (Phi) is 4.69. The second kappa shape index (κ2) is 6.98. The van der Waals surface area contributed by atoms with E-state index >= 15 is 0 Å². The first-order valence-electron chi connectivity index (χ1n) is 9.12. The number of aliphatic hydroxyl groups is 1. The molecule has 2 N–H and O–H groups in total. The normalized spacial score (nSPS) is 17.8. The van der Waals surface area contributed by atoms with Crippen LogP contribution >= 0.6 is 11.3 Å². The number of nitrogens with zero attached hydrogens (tertiary/aromatic N) is 4. The molecule has 7 heteroatoms. The van der Waals surface area contributed by atoms with Crippen LogP contribution in [0.5, 0.6) is 5.88 Å². The number of aromatic nitrogens is 3. The van der Waals surface area contributed by atoms with Crippen LogP contribution < -0.4 is 0 Å². The van der Waals surface area contributed by atoms with Crippen LogP contribution in [-0.4, -0.2) is 48.9 Å². The molecular formula is C19H24N4O2S. The number of likely N-dealkylation sites (tertiary alicyclic amines) is 1. The van der Waals surface area contributed by atoms with Crippen LogP contribution in [0.25, 0.3) is 4.96 Å². The van der Waals surface area contributed by atoms with Crippen molar-refractivity contribution in [2.75, 3.05) is 13.1 Å². The molecule has 0 saturated carbocycles. The number of aliphatic hydroxyl groups excluding tert-OH is 1. The lowest BCUT2D eigenvalue weighted by atomic mass is 9.98. The fraction of sp³-hybridized carbons (Fsp3) is 0.474. The maximum atomic E-state index is 10.9. The molecule has 1 fully saturated rings. The molecule has 0 spiro atoms. The van der Waals surface area contributed by atoms with Gasteiger partial charge in [0.2, 0.25) is 10.8 Å². The van der Waals surface area contributed by atoms with Crippen molar-refractivity contribution in [2.45, 2.75) is 45.3 Å². The van der Waals surface area contributed by atoms with Crippen molar-refractivity contribution in [3.63, 3.8) is 0 Å². The van der Waals surface area contributed by atoms with Crippen LogP contribution in [0.4, 0.5) is 0 Å². The zero-order valence-electron chi connectivity index (χ0n) is 15.1. The Balaban J connectivity index is 1.78. The van der Waals surface area contributed by atoms with Crippen molar-refractivity contribution in [2.24, 2.45) is 0 Å². The molecule has 4 rings (SSSR count). The lowest BCUT2D eigenvalue weighted by Gasteiger charge is -2.36. The SMILES string of the molecule is CCc1nc2sc([C@H](c3ccc(C)cc3)N3CCC(O)CC3)c(O)n2n1. The Labute approximate surface area is 156 Å². The molecule has 138 valence electrons. The van der Waals surface area contributed by atoms with Gasteiger partial charge in [0.15, 0.2) is 5.82 Å². The Morgan fingerprint density at radius 1 is 1.23 bits per heavy atom. The van der Waals surface area contributed by atoms with Crippen molar-refractivity contribution < 1.29 is 10.2 Å². The zero-order chi connectivity index (χ0) is 18.3. The second-order valence-electron chi connectivity index (χ2n) is 6.95. The van der Waals surface area contributed by atoms with Gasteiger partial charge in [0.1, 0.15) is 0 Å². The largest absolute Gasteiger partial charge is 0.492 e. The van der Waals surface area contributed by atoms with E-state index in [1.807, 2.05) is 6.92 Å². The molecule has 3 heterocycles. The molecular weight excluding hydrogens is 348 g/mol. The Bertz CT molecular complexity index is 894. The predicted octanol–water partition coefficient (Wildman–Crippen LogP) is 2.91. The molecule has 1 aromatic carbocycles. The number of thiazole rings is 1. The van der Waals surface area contributed by atoms with Gasteiger partial charge >= 0.3 is 0 Å². The molecule has 0 aliphatic carbocycles. The average Bonchev–Trinajstić information content (AvgIpc) is 3.18.